The molecule has 1 aliphatic carbocycles. The first-order valence-electron chi connectivity index (χ1n) is 10.5. The normalized spacial score (nSPS) is 21.1. The minimum Gasteiger partial charge on any atom is -0.490 e. The van der Waals surface area contributed by atoms with Gasteiger partial charge in [0.25, 0.3) is 5.91 Å². The maximum atomic E-state index is 11.8. The number of carbonyl (C=O) groups excluding carboxylic acids is 1. The second-order valence-electron chi connectivity index (χ2n) is 8.31. The average Bonchev–Trinajstić information content (AvgIpc) is 3.31. The van der Waals surface area contributed by atoms with Gasteiger partial charge < -0.3 is 19.7 Å². The van der Waals surface area contributed by atoms with Crippen molar-refractivity contribution < 1.29 is 14.3 Å². The summed E-state index contributed by atoms with van der Waals surface area (Å²) in [6.07, 6.45) is 4.43. The topological polar surface area (TPSA) is 63.7 Å². The van der Waals surface area contributed by atoms with E-state index < -0.39 is 0 Å². The lowest BCUT2D eigenvalue weighted by atomic mass is 10.1. The van der Waals surface area contributed by atoms with Crippen molar-refractivity contribution in [1.29, 1.82) is 0 Å². The average molecular weight is 393 g/mol. The molecule has 1 unspecified atom stereocenters. The molecular weight excluding hydrogens is 366 g/mol. The van der Waals surface area contributed by atoms with E-state index in [0.717, 1.165) is 67.2 Å². The molecule has 1 N–H and O–H groups in total. The Morgan fingerprint density at radius 2 is 1.90 bits per heavy atom. The van der Waals surface area contributed by atoms with E-state index in [1.165, 1.54) is 11.1 Å². The molecule has 1 saturated heterocycles. The molecule has 0 bridgehead atoms. The maximum absolute atomic E-state index is 11.8. The van der Waals surface area contributed by atoms with Crippen LogP contribution < -0.4 is 15.0 Å². The van der Waals surface area contributed by atoms with Crippen LogP contribution in [0.5, 0.6) is 5.75 Å². The summed E-state index contributed by atoms with van der Waals surface area (Å²) in [6, 6.07) is 8.45. The first-order chi connectivity index (χ1) is 14.1. The Labute approximate surface area is 171 Å². The van der Waals surface area contributed by atoms with E-state index in [2.05, 4.69) is 28.4 Å². The summed E-state index contributed by atoms with van der Waals surface area (Å²) in [5.41, 5.74) is 5.38. The van der Waals surface area contributed by atoms with E-state index in [-0.39, 0.29) is 12.0 Å². The Hall–Kier alpha value is -2.60. The third-order valence-electron chi connectivity index (χ3n) is 6.38. The first-order valence-corrected chi connectivity index (χ1v) is 10.5. The summed E-state index contributed by atoms with van der Waals surface area (Å²) < 4.78 is 11.8. The summed E-state index contributed by atoms with van der Waals surface area (Å²) in [7, 11) is 1.79. The quantitative estimate of drug-likeness (QED) is 0.865. The van der Waals surface area contributed by atoms with Gasteiger partial charge in [0.1, 0.15) is 17.7 Å². The summed E-state index contributed by atoms with van der Waals surface area (Å²) in [6.45, 7) is 4.39. The standard InChI is InChI=1S/C23H27N3O3/c1-14-9-20-21(13-24-23(20)27)25-22(14)26-7-5-17(6-8-26)29-18-4-3-15-10-19(28-2)12-16(15)11-18/h3-4,9,11,17,19H,5-8,10,12-13H2,1-2H3,(H,24,27). The summed E-state index contributed by atoms with van der Waals surface area (Å²) >= 11 is 0. The molecule has 0 spiro atoms. The largest absolute Gasteiger partial charge is 0.490 e. The zero-order valence-electron chi connectivity index (χ0n) is 17.0. The number of carbonyl (C=O) groups is 1. The molecule has 2 aliphatic heterocycles. The highest BCUT2D eigenvalue weighted by atomic mass is 16.5. The number of fused-ring (bicyclic) bond motifs is 2. The maximum Gasteiger partial charge on any atom is 0.253 e. The van der Waals surface area contributed by atoms with E-state index in [1.54, 1.807) is 7.11 Å². The third kappa shape index (κ3) is 3.46. The molecule has 2 aromatic rings. The van der Waals surface area contributed by atoms with Gasteiger partial charge in [-0.25, -0.2) is 4.98 Å². The number of benzene rings is 1. The van der Waals surface area contributed by atoms with Gasteiger partial charge in [0, 0.05) is 33.0 Å². The number of hydrogen-bond acceptors (Lipinski definition) is 5. The van der Waals surface area contributed by atoms with E-state index in [9.17, 15) is 4.79 Å². The number of aromatic nitrogens is 1. The van der Waals surface area contributed by atoms with Crippen LogP contribution in [0.25, 0.3) is 0 Å². The van der Waals surface area contributed by atoms with Gasteiger partial charge in [-0.1, -0.05) is 6.07 Å². The van der Waals surface area contributed by atoms with Crippen LogP contribution in [0.4, 0.5) is 5.82 Å². The molecule has 1 atom stereocenters. The number of piperidine rings is 1. The molecule has 1 aromatic heterocycles. The minimum absolute atomic E-state index is 0.0135. The molecule has 0 radical (unpaired) electrons. The molecule has 5 rings (SSSR count). The number of nitrogens with one attached hydrogen (secondary N) is 1. The van der Waals surface area contributed by atoms with E-state index in [4.69, 9.17) is 14.5 Å². The Kier molecular flexibility index (Phi) is 4.66. The van der Waals surface area contributed by atoms with Crippen molar-refractivity contribution in [3.63, 3.8) is 0 Å². The second kappa shape index (κ2) is 7.34. The highest BCUT2D eigenvalue weighted by Crippen LogP contribution is 2.30. The van der Waals surface area contributed by atoms with Crippen molar-refractivity contribution in [3.8, 4) is 5.75 Å². The van der Waals surface area contributed by atoms with Gasteiger partial charge in [-0.15, -0.1) is 0 Å². The number of methoxy groups -OCH3 is 1. The van der Waals surface area contributed by atoms with Crippen molar-refractivity contribution >= 4 is 11.7 Å². The number of pyridine rings is 1. The van der Waals surface area contributed by atoms with E-state index in [0.29, 0.717) is 12.6 Å². The Bertz CT molecular complexity index is 951. The van der Waals surface area contributed by atoms with Crippen LogP contribution in [0, 0.1) is 6.92 Å². The number of aryl methyl sites for hydroxylation is 1. The van der Waals surface area contributed by atoms with E-state index in [1.807, 2.05) is 13.0 Å². The SMILES string of the molecule is COC1Cc2ccc(OC3CCN(c4nc5c(cc4C)C(=O)NC5)CC3)cc2C1. The predicted molar refractivity (Wildman–Crippen MR) is 111 cm³/mol. The fourth-order valence-corrected chi connectivity index (χ4v) is 4.72. The fraction of sp³-hybridized carbons (Fsp3) is 0.478. The predicted octanol–water partition coefficient (Wildman–Crippen LogP) is 2.79. The van der Waals surface area contributed by atoms with Crippen LogP contribution in [-0.2, 0) is 24.1 Å². The van der Waals surface area contributed by atoms with Gasteiger partial charge in [0.15, 0.2) is 0 Å². The zero-order chi connectivity index (χ0) is 20.0. The molecule has 3 aliphatic rings. The zero-order valence-corrected chi connectivity index (χ0v) is 17.0. The molecule has 6 nitrogen and oxygen atoms in total. The second-order valence-corrected chi connectivity index (χ2v) is 8.31. The number of hydrogen-bond donors (Lipinski definition) is 1. The molecule has 6 heteroatoms. The molecular formula is C23H27N3O3. The highest BCUT2D eigenvalue weighted by Gasteiger charge is 2.27. The number of rotatable bonds is 4. The molecule has 152 valence electrons. The van der Waals surface area contributed by atoms with Crippen molar-refractivity contribution in [2.45, 2.75) is 51.4 Å². The molecule has 0 saturated carbocycles. The molecule has 1 amide bonds. The minimum atomic E-state index is -0.0135. The molecule has 1 fully saturated rings. The van der Waals surface area contributed by atoms with Crippen LogP contribution in [0.2, 0.25) is 0 Å². The van der Waals surface area contributed by atoms with Crippen LogP contribution in [0.15, 0.2) is 24.3 Å². The van der Waals surface area contributed by atoms with Crippen molar-refractivity contribution in [2.75, 3.05) is 25.1 Å². The summed E-state index contributed by atoms with van der Waals surface area (Å²) in [5, 5.41) is 2.85. The Morgan fingerprint density at radius 1 is 1.10 bits per heavy atom. The number of nitrogens with zero attached hydrogens (tertiary/aromatic N) is 2. The Balaban J connectivity index is 1.22. The van der Waals surface area contributed by atoms with Crippen LogP contribution in [0.1, 0.15) is 45.6 Å². The van der Waals surface area contributed by atoms with Gasteiger partial charge in [-0.2, -0.15) is 0 Å². The lowest BCUT2D eigenvalue weighted by Crippen LogP contribution is -2.39. The first kappa shape index (κ1) is 18.4. The molecule has 1 aromatic carbocycles. The van der Waals surface area contributed by atoms with Crippen molar-refractivity contribution in [2.24, 2.45) is 0 Å². The smallest absolute Gasteiger partial charge is 0.253 e. The van der Waals surface area contributed by atoms with Gasteiger partial charge in [-0.05, 0) is 54.7 Å². The van der Waals surface area contributed by atoms with Gasteiger partial charge in [-0.3, -0.25) is 4.79 Å². The Morgan fingerprint density at radius 3 is 2.69 bits per heavy atom. The monoisotopic (exact) mass is 393 g/mol. The summed E-state index contributed by atoms with van der Waals surface area (Å²) in [5.74, 6) is 1.96. The molecule has 29 heavy (non-hydrogen) atoms. The fourth-order valence-electron chi connectivity index (χ4n) is 4.72. The number of amides is 1. The van der Waals surface area contributed by atoms with Crippen LogP contribution >= 0.6 is 0 Å². The third-order valence-corrected chi connectivity index (χ3v) is 6.38. The lowest BCUT2D eigenvalue weighted by Gasteiger charge is -2.34. The highest BCUT2D eigenvalue weighted by molar-refractivity contribution is 5.98. The van der Waals surface area contributed by atoms with Gasteiger partial charge in [0.2, 0.25) is 0 Å². The number of anilines is 1. The lowest BCUT2D eigenvalue weighted by molar-refractivity contribution is 0.0965. The van der Waals surface area contributed by atoms with Crippen molar-refractivity contribution in [1.82, 2.24) is 10.3 Å². The van der Waals surface area contributed by atoms with E-state index >= 15 is 0 Å². The van der Waals surface area contributed by atoms with Crippen LogP contribution in [-0.4, -0.2) is 43.3 Å². The van der Waals surface area contributed by atoms with Crippen LogP contribution in [0.3, 0.4) is 0 Å². The number of ether oxygens (including phenoxy) is 2. The summed E-state index contributed by atoms with van der Waals surface area (Å²) in [4.78, 5) is 18.9. The van der Waals surface area contributed by atoms with Gasteiger partial charge >= 0.3 is 0 Å². The van der Waals surface area contributed by atoms with Gasteiger partial charge in [0.05, 0.1) is 23.9 Å². The molecule has 3 heterocycles. The van der Waals surface area contributed by atoms with Crippen molar-refractivity contribution in [3.05, 3.63) is 52.2 Å².